The molecule has 1 saturated heterocycles. The van der Waals surface area contributed by atoms with Crippen LogP contribution in [0.4, 0.5) is 16.2 Å². The summed E-state index contributed by atoms with van der Waals surface area (Å²) in [4.78, 5) is 37.6. The number of nitrogens with zero attached hydrogens (tertiary/aromatic N) is 4. The normalized spacial score (nSPS) is 18.7. The highest BCUT2D eigenvalue weighted by atomic mass is 16.6. The van der Waals surface area contributed by atoms with E-state index in [0.717, 1.165) is 10.6 Å². The number of imide groups is 1. The van der Waals surface area contributed by atoms with E-state index in [2.05, 4.69) is 10.4 Å². The third-order valence-electron chi connectivity index (χ3n) is 5.00. The molecular weight excluding hydrogens is 386 g/mol. The van der Waals surface area contributed by atoms with E-state index >= 15 is 0 Å². The molecule has 30 heavy (non-hydrogen) atoms. The fourth-order valence-electron chi connectivity index (χ4n) is 3.25. The van der Waals surface area contributed by atoms with E-state index in [1.807, 2.05) is 30.3 Å². The number of anilines is 1. The van der Waals surface area contributed by atoms with Crippen LogP contribution in [0.15, 0.2) is 53.6 Å². The van der Waals surface area contributed by atoms with Gasteiger partial charge in [0.2, 0.25) is 0 Å². The van der Waals surface area contributed by atoms with Crippen LogP contribution < -0.4 is 10.2 Å². The molecule has 1 atom stereocenters. The molecule has 0 spiro atoms. The molecule has 3 amide bonds. The number of amides is 3. The second kappa shape index (κ2) is 8.32. The van der Waals surface area contributed by atoms with Crippen molar-refractivity contribution in [1.29, 1.82) is 0 Å². The van der Waals surface area contributed by atoms with Crippen molar-refractivity contribution in [2.75, 3.05) is 19.0 Å². The van der Waals surface area contributed by atoms with E-state index in [9.17, 15) is 19.7 Å². The molecule has 0 radical (unpaired) electrons. The highest BCUT2D eigenvalue weighted by Crippen LogP contribution is 2.28. The fourth-order valence-corrected chi connectivity index (χ4v) is 3.25. The Morgan fingerprint density at radius 1 is 1.20 bits per heavy atom. The van der Waals surface area contributed by atoms with Gasteiger partial charge in [0, 0.05) is 25.7 Å². The largest absolute Gasteiger partial charge is 0.372 e. The lowest BCUT2D eigenvalue weighted by atomic mass is 9.93. The van der Waals surface area contributed by atoms with Crippen LogP contribution in [-0.2, 0) is 11.2 Å². The van der Waals surface area contributed by atoms with Gasteiger partial charge in [0.25, 0.3) is 11.6 Å². The predicted molar refractivity (Wildman–Crippen MR) is 114 cm³/mol. The molecule has 9 nitrogen and oxygen atoms in total. The second-order valence-corrected chi connectivity index (χ2v) is 7.51. The number of aryl methyl sites for hydroxylation is 1. The van der Waals surface area contributed by atoms with Crippen molar-refractivity contribution in [2.24, 2.45) is 5.10 Å². The number of urea groups is 1. The quantitative estimate of drug-likeness (QED) is 0.327. The first-order valence-corrected chi connectivity index (χ1v) is 9.41. The minimum absolute atomic E-state index is 0.0890. The average Bonchev–Trinajstić information content (AvgIpc) is 2.93. The lowest BCUT2D eigenvalue weighted by molar-refractivity contribution is -0.384. The van der Waals surface area contributed by atoms with E-state index in [0.29, 0.717) is 24.1 Å². The summed E-state index contributed by atoms with van der Waals surface area (Å²) in [6.45, 7) is 1.67. The summed E-state index contributed by atoms with van der Waals surface area (Å²) < 4.78 is 0. The minimum atomic E-state index is -1.06. The van der Waals surface area contributed by atoms with E-state index in [-0.39, 0.29) is 5.69 Å². The van der Waals surface area contributed by atoms with Crippen molar-refractivity contribution < 1.29 is 14.5 Å². The zero-order valence-electron chi connectivity index (χ0n) is 17.0. The van der Waals surface area contributed by atoms with Gasteiger partial charge in [-0.05, 0) is 31.4 Å². The highest BCUT2D eigenvalue weighted by molar-refractivity contribution is 6.07. The maximum atomic E-state index is 12.8. The van der Waals surface area contributed by atoms with E-state index in [1.54, 1.807) is 38.1 Å². The number of carbonyl (C=O) groups is 2. The van der Waals surface area contributed by atoms with Crippen LogP contribution in [-0.4, -0.2) is 47.7 Å². The molecule has 1 N–H and O–H groups in total. The predicted octanol–water partition coefficient (Wildman–Crippen LogP) is 2.94. The van der Waals surface area contributed by atoms with Gasteiger partial charge in [-0.2, -0.15) is 5.10 Å². The highest BCUT2D eigenvalue weighted by Gasteiger charge is 2.47. The Bertz CT molecular complexity index is 1010. The molecule has 0 aliphatic carbocycles. The van der Waals surface area contributed by atoms with E-state index in [4.69, 9.17) is 0 Å². The summed E-state index contributed by atoms with van der Waals surface area (Å²) in [6.07, 6.45) is 2.32. The van der Waals surface area contributed by atoms with Gasteiger partial charge in [0.15, 0.2) is 0 Å². The number of nitro groups is 1. The first kappa shape index (κ1) is 21.0. The third kappa shape index (κ3) is 4.29. The van der Waals surface area contributed by atoms with Crippen LogP contribution in [0, 0.1) is 10.1 Å². The van der Waals surface area contributed by atoms with E-state index < -0.39 is 22.4 Å². The number of hydrogen-bond donors (Lipinski definition) is 1. The summed E-state index contributed by atoms with van der Waals surface area (Å²) in [5.41, 5.74) is 0.765. The van der Waals surface area contributed by atoms with Crippen molar-refractivity contribution in [3.63, 3.8) is 0 Å². The van der Waals surface area contributed by atoms with Crippen molar-refractivity contribution in [2.45, 2.75) is 25.3 Å². The van der Waals surface area contributed by atoms with Crippen LogP contribution in [0.2, 0.25) is 0 Å². The zero-order chi connectivity index (χ0) is 21.9. The summed E-state index contributed by atoms with van der Waals surface area (Å²) in [5, 5.41) is 18.8. The zero-order valence-corrected chi connectivity index (χ0v) is 17.0. The molecule has 156 valence electrons. The Hall–Kier alpha value is -3.75. The van der Waals surface area contributed by atoms with Gasteiger partial charge in [-0.15, -0.1) is 5.01 Å². The number of hydrogen-bond acceptors (Lipinski definition) is 6. The molecule has 0 bridgehead atoms. The molecule has 3 rings (SSSR count). The number of rotatable bonds is 7. The molecule has 9 heteroatoms. The van der Waals surface area contributed by atoms with Crippen molar-refractivity contribution >= 4 is 29.5 Å². The second-order valence-electron chi connectivity index (χ2n) is 7.51. The molecule has 0 saturated carbocycles. The minimum Gasteiger partial charge on any atom is -0.372 e. The molecule has 2 aromatic rings. The van der Waals surface area contributed by atoms with Crippen molar-refractivity contribution in [3.05, 3.63) is 69.8 Å². The van der Waals surface area contributed by atoms with Gasteiger partial charge in [-0.25, -0.2) is 4.79 Å². The van der Waals surface area contributed by atoms with E-state index in [1.165, 1.54) is 12.3 Å². The monoisotopic (exact) mass is 409 g/mol. The Kier molecular flexibility index (Phi) is 5.81. The molecule has 2 aromatic carbocycles. The van der Waals surface area contributed by atoms with Crippen LogP contribution in [0.3, 0.4) is 0 Å². The number of nitro benzene ring substituents is 1. The van der Waals surface area contributed by atoms with Gasteiger partial charge >= 0.3 is 6.03 Å². The maximum absolute atomic E-state index is 12.8. The standard InChI is InChI=1S/C21H23N5O4/c1-21(12-11-15-7-5-4-6-8-15)19(27)25(20(28)23-21)22-14-16-9-10-17(24(2)3)18(13-16)26(29)30/h4-10,13-14H,11-12H2,1-3H3,(H,23,28)/b22-14-/t21-/m1/s1. The number of nitrogens with one attached hydrogen (secondary N) is 1. The van der Waals surface area contributed by atoms with Crippen molar-refractivity contribution in [1.82, 2.24) is 10.3 Å². The average molecular weight is 409 g/mol. The maximum Gasteiger partial charge on any atom is 0.346 e. The Morgan fingerprint density at radius 2 is 1.90 bits per heavy atom. The molecule has 0 aromatic heterocycles. The SMILES string of the molecule is CN(C)c1ccc(/C=N\N2C(=O)N[C@](C)(CCc3ccccc3)C2=O)cc1[N+](=O)[O-]. The lowest BCUT2D eigenvalue weighted by Gasteiger charge is -2.20. The Balaban J connectivity index is 1.76. The smallest absolute Gasteiger partial charge is 0.346 e. The molecular formula is C21H23N5O4. The lowest BCUT2D eigenvalue weighted by Crippen LogP contribution is -2.44. The summed E-state index contributed by atoms with van der Waals surface area (Å²) in [7, 11) is 3.42. The van der Waals surface area contributed by atoms with Crippen LogP contribution in [0.1, 0.15) is 24.5 Å². The van der Waals surface area contributed by atoms with Crippen LogP contribution in [0.5, 0.6) is 0 Å². The first-order valence-electron chi connectivity index (χ1n) is 9.41. The molecule has 1 aliphatic heterocycles. The molecule has 0 unspecified atom stereocenters. The van der Waals surface area contributed by atoms with Gasteiger partial charge in [0.05, 0.1) is 11.1 Å². The fraction of sp³-hybridized carbons (Fsp3) is 0.286. The van der Waals surface area contributed by atoms with Crippen LogP contribution >= 0.6 is 0 Å². The summed E-state index contributed by atoms with van der Waals surface area (Å²) in [5.74, 6) is -0.459. The topological polar surface area (TPSA) is 108 Å². The third-order valence-corrected chi connectivity index (χ3v) is 5.00. The van der Waals surface area contributed by atoms with Gasteiger partial charge in [0.1, 0.15) is 11.2 Å². The molecule has 1 fully saturated rings. The summed E-state index contributed by atoms with van der Waals surface area (Å²) >= 11 is 0. The summed E-state index contributed by atoms with van der Waals surface area (Å²) in [6, 6.07) is 13.6. The van der Waals surface area contributed by atoms with Crippen molar-refractivity contribution in [3.8, 4) is 0 Å². The Labute approximate surface area is 174 Å². The Morgan fingerprint density at radius 3 is 2.53 bits per heavy atom. The number of benzene rings is 2. The van der Waals surface area contributed by atoms with Gasteiger partial charge in [-0.3, -0.25) is 14.9 Å². The molecule has 1 aliphatic rings. The number of hydrazone groups is 1. The van der Waals surface area contributed by atoms with Gasteiger partial charge in [-0.1, -0.05) is 36.4 Å². The first-order chi connectivity index (χ1) is 14.2. The van der Waals surface area contributed by atoms with Crippen LogP contribution in [0.25, 0.3) is 0 Å². The molecule has 1 heterocycles. The number of carbonyl (C=O) groups excluding carboxylic acids is 2. The van der Waals surface area contributed by atoms with Gasteiger partial charge < -0.3 is 10.2 Å².